The normalized spacial score (nSPS) is 43.2. The lowest BCUT2D eigenvalue weighted by Gasteiger charge is -2.50. The van der Waals surface area contributed by atoms with Gasteiger partial charge in [0.05, 0.1) is 17.6 Å². The number of rotatable bonds is 3. The maximum atomic E-state index is 12.7. The van der Waals surface area contributed by atoms with Crippen LogP contribution in [0.25, 0.3) is 0 Å². The smallest absolute Gasteiger partial charge is 0.312 e. The molecule has 2 aliphatic carbocycles. The molecule has 0 unspecified atom stereocenters. The van der Waals surface area contributed by atoms with Gasteiger partial charge in [-0.15, -0.1) is 0 Å². The van der Waals surface area contributed by atoms with Crippen LogP contribution in [0.15, 0.2) is 23.8 Å². The Morgan fingerprint density at radius 2 is 2.08 bits per heavy atom. The summed E-state index contributed by atoms with van der Waals surface area (Å²) in [5, 5.41) is 10.6. The molecule has 4 heteroatoms. The van der Waals surface area contributed by atoms with E-state index in [2.05, 4.69) is 39.0 Å². The molecule has 1 aliphatic heterocycles. The summed E-state index contributed by atoms with van der Waals surface area (Å²) in [5.74, 6) is 0.244. The van der Waals surface area contributed by atoms with Crippen LogP contribution >= 0.6 is 0 Å². The van der Waals surface area contributed by atoms with E-state index in [0.717, 1.165) is 19.3 Å². The lowest BCUT2D eigenvalue weighted by atomic mass is 9.62. The van der Waals surface area contributed by atoms with E-state index in [1.165, 1.54) is 5.57 Å². The molecule has 3 aliphatic rings. The summed E-state index contributed by atoms with van der Waals surface area (Å²) in [6.07, 6.45) is 10.00. The van der Waals surface area contributed by atoms with Crippen LogP contribution in [-0.2, 0) is 14.3 Å². The van der Waals surface area contributed by atoms with Gasteiger partial charge in [-0.1, -0.05) is 39.0 Å². The summed E-state index contributed by atoms with van der Waals surface area (Å²) < 4.78 is 11.6. The van der Waals surface area contributed by atoms with E-state index >= 15 is 0 Å². The minimum absolute atomic E-state index is 0.127. The van der Waals surface area contributed by atoms with Crippen molar-refractivity contribution < 1.29 is 19.4 Å². The molecule has 2 bridgehead atoms. The number of hydrogen-bond donors (Lipinski definition) is 1. The Kier molecular flexibility index (Phi) is 5.13. The molecule has 4 nitrogen and oxygen atoms in total. The van der Waals surface area contributed by atoms with Crippen LogP contribution in [0.5, 0.6) is 0 Å². The third kappa shape index (κ3) is 3.31. The molecule has 25 heavy (non-hydrogen) atoms. The highest BCUT2D eigenvalue weighted by atomic mass is 16.5. The Labute approximate surface area is 151 Å². The van der Waals surface area contributed by atoms with E-state index in [4.69, 9.17) is 9.47 Å². The van der Waals surface area contributed by atoms with Gasteiger partial charge in [0.1, 0.15) is 6.61 Å². The molecule has 0 aromatic heterocycles. The van der Waals surface area contributed by atoms with Gasteiger partial charge in [-0.2, -0.15) is 0 Å². The largest absolute Gasteiger partial charge is 0.461 e. The van der Waals surface area contributed by atoms with Crippen LogP contribution in [-0.4, -0.2) is 36.5 Å². The molecule has 0 radical (unpaired) electrons. The first-order valence-corrected chi connectivity index (χ1v) is 9.58. The highest BCUT2D eigenvalue weighted by molar-refractivity contribution is 5.76. The molecule has 5 atom stereocenters. The Morgan fingerprint density at radius 3 is 2.76 bits per heavy atom. The van der Waals surface area contributed by atoms with Gasteiger partial charge in [0.25, 0.3) is 0 Å². The second-order valence-electron chi connectivity index (χ2n) is 8.76. The lowest BCUT2D eigenvalue weighted by molar-refractivity contribution is -0.184. The molecule has 2 saturated carbocycles. The molecule has 3 fully saturated rings. The van der Waals surface area contributed by atoms with Crippen LogP contribution in [0.3, 0.4) is 0 Å². The molecule has 3 rings (SSSR count). The molecule has 1 saturated heterocycles. The molecule has 0 spiro atoms. The summed E-state index contributed by atoms with van der Waals surface area (Å²) in [4.78, 5) is 12.7. The summed E-state index contributed by atoms with van der Waals surface area (Å²) in [7, 11) is 1.71. The third-order valence-electron chi connectivity index (χ3n) is 6.67. The van der Waals surface area contributed by atoms with Crippen LogP contribution < -0.4 is 0 Å². The maximum Gasteiger partial charge on any atom is 0.312 e. The van der Waals surface area contributed by atoms with Crippen molar-refractivity contribution in [1.29, 1.82) is 0 Å². The van der Waals surface area contributed by atoms with Crippen molar-refractivity contribution in [1.82, 2.24) is 0 Å². The number of carbonyl (C=O) groups excluding carboxylic acids is 1. The van der Waals surface area contributed by atoms with Crippen molar-refractivity contribution in [3.63, 3.8) is 0 Å². The van der Waals surface area contributed by atoms with Gasteiger partial charge in [0.2, 0.25) is 0 Å². The number of allylic oxidation sites excluding steroid dienone is 3. The summed E-state index contributed by atoms with van der Waals surface area (Å²) in [5.41, 5.74) is 0.474. The number of aliphatic hydroxyl groups is 1. The lowest BCUT2D eigenvalue weighted by Crippen LogP contribution is -2.55. The molecule has 1 N–H and O–H groups in total. The predicted molar refractivity (Wildman–Crippen MR) is 96.9 cm³/mol. The fourth-order valence-corrected chi connectivity index (χ4v) is 5.16. The standard InChI is InChI=1S/C21H32O4/c1-14(2)6-5-7-15-12-25-19(23)18-16(15)8-10-20(3)13-21(18,24-4)11-9-17(20)22/h5-7,14,16-18,22H,8-13H2,1-4H3/b6-5+,15-7-/t16-,17+,18+,20+,21+/m1/s1. The van der Waals surface area contributed by atoms with Crippen molar-refractivity contribution in [2.45, 2.75) is 64.6 Å². The number of aliphatic hydroxyl groups excluding tert-OH is 1. The van der Waals surface area contributed by atoms with Gasteiger partial charge in [0.15, 0.2) is 0 Å². The van der Waals surface area contributed by atoms with Crippen molar-refractivity contribution in [3.05, 3.63) is 23.8 Å². The van der Waals surface area contributed by atoms with E-state index in [1.54, 1.807) is 7.11 Å². The van der Waals surface area contributed by atoms with Crippen LogP contribution in [0, 0.1) is 23.2 Å². The van der Waals surface area contributed by atoms with Gasteiger partial charge < -0.3 is 14.6 Å². The number of cyclic esters (lactones) is 1. The number of fused-ring (bicyclic) bond motifs is 4. The van der Waals surface area contributed by atoms with Gasteiger partial charge in [-0.05, 0) is 54.9 Å². The van der Waals surface area contributed by atoms with Gasteiger partial charge in [-0.25, -0.2) is 0 Å². The fourth-order valence-electron chi connectivity index (χ4n) is 5.16. The second-order valence-corrected chi connectivity index (χ2v) is 8.76. The van der Waals surface area contributed by atoms with Crippen molar-refractivity contribution in [2.24, 2.45) is 23.2 Å². The van der Waals surface area contributed by atoms with Gasteiger partial charge >= 0.3 is 5.97 Å². The number of hydrogen-bond acceptors (Lipinski definition) is 4. The summed E-state index contributed by atoms with van der Waals surface area (Å²) in [6.45, 7) is 6.82. The molecule has 140 valence electrons. The zero-order chi connectivity index (χ0) is 18.2. The highest BCUT2D eigenvalue weighted by Crippen LogP contribution is 2.56. The summed E-state index contributed by atoms with van der Waals surface area (Å²) in [6, 6.07) is 0. The zero-order valence-corrected chi connectivity index (χ0v) is 16.0. The molecule has 0 aromatic rings. The number of esters is 1. The monoisotopic (exact) mass is 348 g/mol. The van der Waals surface area contributed by atoms with E-state index in [9.17, 15) is 9.90 Å². The minimum Gasteiger partial charge on any atom is -0.461 e. The van der Waals surface area contributed by atoms with Gasteiger partial charge in [0, 0.05) is 7.11 Å². The van der Waals surface area contributed by atoms with Crippen LogP contribution in [0.1, 0.15) is 52.9 Å². The van der Waals surface area contributed by atoms with Crippen LogP contribution in [0.4, 0.5) is 0 Å². The zero-order valence-electron chi connectivity index (χ0n) is 16.0. The first-order chi connectivity index (χ1) is 11.8. The minimum atomic E-state index is -0.520. The van der Waals surface area contributed by atoms with E-state index < -0.39 is 5.60 Å². The number of ether oxygens (including phenoxy) is 2. The molecular formula is C21H32O4. The first kappa shape index (κ1) is 18.7. The fraction of sp³-hybridized carbons (Fsp3) is 0.762. The SMILES string of the molecule is CO[C@]12CC[C@H](O)[C@@](C)(CC[C@@H]3/C(=C\C=C\C(C)C)COC(=O)[C@H]31)C2. The second kappa shape index (κ2) is 6.88. The molecule has 1 heterocycles. The first-order valence-electron chi connectivity index (χ1n) is 9.58. The summed E-state index contributed by atoms with van der Waals surface area (Å²) >= 11 is 0. The molecule has 0 amide bonds. The average Bonchev–Trinajstić information content (AvgIpc) is 2.68. The van der Waals surface area contributed by atoms with Crippen molar-refractivity contribution >= 4 is 5.97 Å². The topological polar surface area (TPSA) is 55.8 Å². The van der Waals surface area contributed by atoms with Gasteiger partial charge in [-0.3, -0.25) is 4.79 Å². The molecular weight excluding hydrogens is 316 g/mol. The highest BCUT2D eigenvalue weighted by Gasteiger charge is 2.59. The predicted octanol–water partition coefficient (Wildman–Crippen LogP) is 3.64. The van der Waals surface area contributed by atoms with E-state index in [0.29, 0.717) is 25.4 Å². The Hall–Kier alpha value is -1.13. The van der Waals surface area contributed by atoms with Crippen molar-refractivity contribution in [3.8, 4) is 0 Å². The van der Waals surface area contributed by atoms with Crippen molar-refractivity contribution in [2.75, 3.05) is 13.7 Å². The Balaban J connectivity index is 1.99. The van der Waals surface area contributed by atoms with E-state index in [-0.39, 0.29) is 29.3 Å². The number of methoxy groups -OCH3 is 1. The molecule has 0 aromatic carbocycles. The van der Waals surface area contributed by atoms with Crippen LogP contribution in [0.2, 0.25) is 0 Å². The third-order valence-corrected chi connectivity index (χ3v) is 6.67. The Bertz CT molecular complexity index is 578. The quantitative estimate of drug-likeness (QED) is 0.791. The number of carbonyl (C=O) groups is 1. The average molecular weight is 348 g/mol. The Morgan fingerprint density at radius 1 is 1.32 bits per heavy atom. The maximum absolute atomic E-state index is 12.7. The van der Waals surface area contributed by atoms with E-state index in [1.807, 2.05) is 0 Å².